The number of nitrogens with zero attached hydrogens (tertiary/aromatic N) is 1. The molecule has 2 aromatic carbocycles. The molecule has 0 aliphatic rings. The highest BCUT2D eigenvalue weighted by Crippen LogP contribution is 2.16. The molecule has 0 atom stereocenters. The third-order valence-corrected chi connectivity index (χ3v) is 5.45. The summed E-state index contributed by atoms with van der Waals surface area (Å²) < 4.78 is 28.8. The Hall–Kier alpha value is -1.81. The molecular formula is C22H32IN3O3S. The highest BCUT2D eigenvalue weighted by atomic mass is 127. The quantitative estimate of drug-likeness (QED) is 0.207. The molecule has 2 aromatic rings. The molecule has 6 nitrogen and oxygen atoms in total. The van der Waals surface area contributed by atoms with Gasteiger partial charge in [-0.25, -0.2) is 8.42 Å². The standard InChI is InChI=1S/C22H31N3O3S.HI/c1-4-23-22(24-15-7-17-28-21-9-6-5-8-18(21)2)25-16-14-19-10-12-20(13-11-19)29(3,26)27;/h5-6,8-13H,4,7,14-17H2,1-3H3,(H2,23,24,25);1H. The van der Waals surface area contributed by atoms with Gasteiger partial charge in [0.25, 0.3) is 0 Å². The number of rotatable bonds is 10. The lowest BCUT2D eigenvalue weighted by Gasteiger charge is -2.12. The molecule has 2 rings (SSSR count). The van der Waals surface area contributed by atoms with Crippen molar-refractivity contribution in [3.8, 4) is 5.75 Å². The van der Waals surface area contributed by atoms with Crippen molar-refractivity contribution in [2.24, 2.45) is 4.99 Å². The van der Waals surface area contributed by atoms with Gasteiger partial charge in [-0.15, -0.1) is 24.0 Å². The van der Waals surface area contributed by atoms with E-state index in [1.54, 1.807) is 12.1 Å². The summed E-state index contributed by atoms with van der Waals surface area (Å²) in [6.07, 6.45) is 2.83. The maximum Gasteiger partial charge on any atom is 0.191 e. The summed E-state index contributed by atoms with van der Waals surface area (Å²) in [5.74, 6) is 1.69. The van der Waals surface area contributed by atoms with Gasteiger partial charge in [-0.05, 0) is 49.6 Å². The molecule has 0 spiro atoms. The van der Waals surface area contributed by atoms with Gasteiger partial charge in [-0.1, -0.05) is 30.3 Å². The van der Waals surface area contributed by atoms with E-state index in [0.29, 0.717) is 24.6 Å². The normalized spacial score (nSPS) is 11.5. The molecule has 0 bridgehead atoms. The third kappa shape index (κ3) is 9.34. The number of guanidine groups is 1. The second-order valence-corrected chi connectivity index (χ2v) is 8.84. The lowest BCUT2D eigenvalue weighted by atomic mass is 10.1. The van der Waals surface area contributed by atoms with Crippen LogP contribution in [0.5, 0.6) is 5.75 Å². The maximum atomic E-state index is 11.5. The van der Waals surface area contributed by atoms with Crippen molar-refractivity contribution in [1.82, 2.24) is 10.6 Å². The van der Waals surface area contributed by atoms with Gasteiger partial charge in [0.2, 0.25) is 0 Å². The average molecular weight is 545 g/mol. The van der Waals surface area contributed by atoms with Crippen molar-refractivity contribution >= 4 is 39.8 Å². The Balaban J connectivity index is 0.00000450. The van der Waals surface area contributed by atoms with E-state index in [0.717, 1.165) is 42.2 Å². The van der Waals surface area contributed by atoms with Gasteiger partial charge >= 0.3 is 0 Å². The third-order valence-electron chi connectivity index (χ3n) is 4.33. The van der Waals surface area contributed by atoms with E-state index in [2.05, 4.69) is 15.6 Å². The Bertz CT molecular complexity index is 900. The molecule has 0 fully saturated rings. The van der Waals surface area contributed by atoms with Crippen LogP contribution in [0.2, 0.25) is 0 Å². The predicted octanol–water partition coefficient (Wildman–Crippen LogP) is 3.58. The minimum absolute atomic E-state index is 0. The van der Waals surface area contributed by atoms with E-state index in [1.165, 1.54) is 6.26 Å². The van der Waals surface area contributed by atoms with Crippen molar-refractivity contribution in [3.05, 3.63) is 59.7 Å². The fourth-order valence-corrected chi connectivity index (χ4v) is 3.36. The first-order valence-corrected chi connectivity index (χ1v) is 11.8. The second kappa shape index (κ2) is 13.5. The molecule has 0 aliphatic carbocycles. The predicted molar refractivity (Wildman–Crippen MR) is 134 cm³/mol. The van der Waals surface area contributed by atoms with Gasteiger partial charge in [-0.3, -0.25) is 4.99 Å². The van der Waals surface area contributed by atoms with Crippen molar-refractivity contribution in [3.63, 3.8) is 0 Å². The van der Waals surface area contributed by atoms with Crippen LogP contribution in [0, 0.1) is 6.92 Å². The van der Waals surface area contributed by atoms with Crippen LogP contribution < -0.4 is 15.4 Å². The van der Waals surface area contributed by atoms with E-state index >= 15 is 0 Å². The first kappa shape index (κ1) is 26.2. The van der Waals surface area contributed by atoms with E-state index < -0.39 is 9.84 Å². The summed E-state index contributed by atoms with van der Waals surface area (Å²) >= 11 is 0. The number of benzene rings is 2. The van der Waals surface area contributed by atoms with Crippen LogP contribution in [0.1, 0.15) is 24.5 Å². The monoisotopic (exact) mass is 545 g/mol. The second-order valence-electron chi connectivity index (χ2n) is 6.82. The maximum absolute atomic E-state index is 11.5. The van der Waals surface area contributed by atoms with Crippen molar-refractivity contribution in [1.29, 1.82) is 0 Å². The van der Waals surface area contributed by atoms with Crippen LogP contribution in [0.15, 0.2) is 58.4 Å². The molecule has 0 saturated carbocycles. The Morgan fingerprint density at radius 2 is 1.77 bits per heavy atom. The molecule has 0 amide bonds. The number of sulfone groups is 1. The number of para-hydroxylation sites is 1. The molecule has 2 N–H and O–H groups in total. The van der Waals surface area contributed by atoms with Crippen molar-refractivity contribution in [2.45, 2.75) is 31.6 Å². The van der Waals surface area contributed by atoms with Gasteiger partial charge in [0.1, 0.15) is 5.75 Å². The first-order valence-electron chi connectivity index (χ1n) is 9.89. The molecule has 0 aromatic heterocycles. The Kier molecular flexibility index (Phi) is 11.8. The molecule has 0 unspecified atom stereocenters. The van der Waals surface area contributed by atoms with E-state index in [1.807, 2.05) is 50.2 Å². The fourth-order valence-electron chi connectivity index (χ4n) is 2.73. The Morgan fingerprint density at radius 1 is 1.07 bits per heavy atom. The Labute approximate surface area is 197 Å². The topological polar surface area (TPSA) is 79.8 Å². The number of aryl methyl sites for hydroxylation is 1. The molecule has 0 radical (unpaired) electrons. The van der Waals surface area contributed by atoms with Gasteiger partial charge < -0.3 is 15.4 Å². The first-order chi connectivity index (χ1) is 13.9. The van der Waals surface area contributed by atoms with Crippen LogP contribution in [-0.2, 0) is 16.3 Å². The minimum atomic E-state index is -3.15. The number of aliphatic imine (C=N–C) groups is 1. The van der Waals surface area contributed by atoms with Crippen LogP contribution >= 0.6 is 24.0 Å². The highest BCUT2D eigenvalue weighted by Gasteiger charge is 2.06. The van der Waals surface area contributed by atoms with Gasteiger partial charge in [-0.2, -0.15) is 0 Å². The number of hydrogen-bond donors (Lipinski definition) is 2. The zero-order chi connectivity index (χ0) is 21.1. The van der Waals surface area contributed by atoms with E-state index in [-0.39, 0.29) is 24.0 Å². The fraction of sp³-hybridized carbons (Fsp3) is 0.409. The minimum Gasteiger partial charge on any atom is -0.493 e. The van der Waals surface area contributed by atoms with Crippen molar-refractivity contribution in [2.75, 3.05) is 32.5 Å². The molecule has 0 heterocycles. The molecule has 30 heavy (non-hydrogen) atoms. The lowest BCUT2D eigenvalue weighted by Crippen LogP contribution is -2.38. The number of ether oxygens (including phenoxy) is 1. The summed E-state index contributed by atoms with van der Waals surface area (Å²) in [6.45, 7) is 6.86. The average Bonchev–Trinajstić information content (AvgIpc) is 2.69. The van der Waals surface area contributed by atoms with Gasteiger partial charge in [0, 0.05) is 32.3 Å². The summed E-state index contributed by atoms with van der Waals surface area (Å²) in [5, 5.41) is 6.55. The molecule has 166 valence electrons. The molecule has 0 saturated heterocycles. The summed E-state index contributed by atoms with van der Waals surface area (Å²) in [7, 11) is -3.15. The Morgan fingerprint density at radius 3 is 2.40 bits per heavy atom. The highest BCUT2D eigenvalue weighted by molar-refractivity contribution is 14.0. The molecule has 8 heteroatoms. The molecule has 0 aliphatic heterocycles. The van der Waals surface area contributed by atoms with E-state index in [9.17, 15) is 8.42 Å². The largest absolute Gasteiger partial charge is 0.493 e. The summed E-state index contributed by atoms with van der Waals surface area (Å²) in [6, 6.07) is 15.0. The smallest absolute Gasteiger partial charge is 0.191 e. The van der Waals surface area contributed by atoms with Crippen LogP contribution in [0.25, 0.3) is 0 Å². The summed E-state index contributed by atoms with van der Waals surface area (Å²) in [5.41, 5.74) is 2.21. The van der Waals surface area contributed by atoms with Crippen LogP contribution in [0.3, 0.4) is 0 Å². The van der Waals surface area contributed by atoms with Gasteiger partial charge in [0.15, 0.2) is 15.8 Å². The van der Waals surface area contributed by atoms with Crippen molar-refractivity contribution < 1.29 is 13.2 Å². The molecular weight excluding hydrogens is 513 g/mol. The van der Waals surface area contributed by atoms with Gasteiger partial charge in [0.05, 0.1) is 11.5 Å². The SMILES string of the molecule is CCNC(=NCCCOc1ccccc1C)NCCc1ccc(S(C)(=O)=O)cc1.I. The van der Waals surface area contributed by atoms with Crippen LogP contribution in [-0.4, -0.2) is 46.9 Å². The number of hydrogen-bond acceptors (Lipinski definition) is 4. The number of halogens is 1. The lowest BCUT2D eigenvalue weighted by molar-refractivity contribution is 0.311. The number of nitrogens with one attached hydrogen (secondary N) is 2. The zero-order valence-electron chi connectivity index (χ0n) is 17.8. The van der Waals surface area contributed by atoms with E-state index in [4.69, 9.17) is 4.74 Å². The van der Waals surface area contributed by atoms with Crippen LogP contribution in [0.4, 0.5) is 0 Å². The zero-order valence-corrected chi connectivity index (χ0v) is 21.0. The summed E-state index contributed by atoms with van der Waals surface area (Å²) in [4.78, 5) is 4.92.